The number of hydrogen-bond acceptors (Lipinski definition) is 0. The van der Waals surface area contributed by atoms with Gasteiger partial charge in [-0.2, -0.15) is 0 Å². The molecule has 0 spiro atoms. The van der Waals surface area contributed by atoms with E-state index in [-0.39, 0.29) is 0 Å². The molecular formula is C33H21N. The van der Waals surface area contributed by atoms with Crippen molar-refractivity contribution in [2.75, 3.05) is 0 Å². The summed E-state index contributed by atoms with van der Waals surface area (Å²) in [7, 11) is 0. The maximum absolute atomic E-state index is 2.57. The van der Waals surface area contributed by atoms with E-state index >= 15 is 0 Å². The molecule has 9 rings (SSSR count). The molecule has 2 aliphatic carbocycles. The summed E-state index contributed by atoms with van der Waals surface area (Å²) in [6, 6.07) is 34.5. The van der Waals surface area contributed by atoms with Crippen molar-refractivity contribution in [2.45, 2.75) is 19.3 Å². The average Bonchev–Trinajstić information content (AvgIpc) is 3.53. The number of hydrogen-bond donors (Lipinski definition) is 0. The number of aromatic nitrogens is 1. The Morgan fingerprint density at radius 2 is 1.26 bits per heavy atom. The molecule has 0 unspecified atom stereocenters. The molecule has 1 heteroatoms. The first-order valence-corrected chi connectivity index (χ1v) is 12.3. The molecule has 0 amide bonds. The third kappa shape index (κ3) is 1.98. The Kier molecular flexibility index (Phi) is 3.00. The highest BCUT2D eigenvalue weighted by atomic mass is 15.0. The highest BCUT2D eigenvalue weighted by molar-refractivity contribution is 6.13. The molecule has 0 N–H and O–H groups in total. The van der Waals surface area contributed by atoms with Gasteiger partial charge in [0.15, 0.2) is 0 Å². The predicted octanol–water partition coefficient (Wildman–Crippen LogP) is 7.83. The smallest absolute Gasteiger partial charge is 0.0576 e. The number of fused-ring (bicyclic) bond motifs is 12. The molecule has 0 bridgehead atoms. The summed E-state index contributed by atoms with van der Waals surface area (Å²) in [6.07, 6.45) is 3.09. The quantitative estimate of drug-likeness (QED) is 0.231. The lowest BCUT2D eigenvalue weighted by Crippen LogP contribution is -2.09. The van der Waals surface area contributed by atoms with Crippen LogP contribution in [0.15, 0.2) is 91.0 Å². The van der Waals surface area contributed by atoms with E-state index in [4.69, 9.17) is 0 Å². The van der Waals surface area contributed by atoms with Gasteiger partial charge in [0.2, 0.25) is 0 Å². The first-order chi connectivity index (χ1) is 16.8. The van der Waals surface area contributed by atoms with Crippen LogP contribution in [-0.2, 0) is 19.3 Å². The van der Waals surface area contributed by atoms with Gasteiger partial charge in [0, 0.05) is 17.2 Å². The molecule has 34 heavy (non-hydrogen) atoms. The summed E-state index contributed by atoms with van der Waals surface area (Å²) >= 11 is 0. The number of benzene rings is 5. The van der Waals surface area contributed by atoms with Crippen molar-refractivity contribution in [1.29, 1.82) is 0 Å². The lowest BCUT2D eigenvalue weighted by molar-refractivity contribution is 1.04. The molecule has 3 aliphatic rings. The Balaban J connectivity index is 1.42. The number of para-hydroxylation sites is 1. The number of rotatable bonds is 0. The van der Waals surface area contributed by atoms with Crippen molar-refractivity contribution < 1.29 is 0 Å². The van der Waals surface area contributed by atoms with Gasteiger partial charge in [0.1, 0.15) is 0 Å². The van der Waals surface area contributed by atoms with Gasteiger partial charge in [-0.25, -0.2) is 0 Å². The summed E-state index contributed by atoms with van der Waals surface area (Å²) < 4.78 is 2.57. The van der Waals surface area contributed by atoms with Crippen molar-refractivity contribution in [3.05, 3.63) is 124 Å². The lowest BCUT2D eigenvalue weighted by atomic mass is 9.90. The molecule has 1 aromatic heterocycles. The van der Waals surface area contributed by atoms with Crippen molar-refractivity contribution in [2.24, 2.45) is 0 Å². The average molecular weight is 432 g/mol. The van der Waals surface area contributed by atoms with Crippen LogP contribution in [0.2, 0.25) is 0 Å². The van der Waals surface area contributed by atoms with Gasteiger partial charge in [0.25, 0.3) is 0 Å². The zero-order chi connectivity index (χ0) is 22.0. The fourth-order valence-corrected chi connectivity index (χ4v) is 7.03. The molecule has 0 radical (unpaired) electrons. The Morgan fingerprint density at radius 1 is 0.500 bits per heavy atom. The van der Waals surface area contributed by atoms with E-state index in [0.29, 0.717) is 0 Å². The van der Waals surface area contributed by atoms with Crippen molar-refractivity contribution in [1.82, 2.24) is 4.57 Å². The van der Waals surface area contributed by atoms with E-state index in [1.54, 1.807) is 0 Å². The van der Waals surface area contributed by atoms with Crippen molar-refractivity contribution >= 4 is 21.8 Å². The van der Waals surface area contributed by atoms with Gasteiger partial charge >= 0.3 is 0 Å². The highest BCUT2D eigenvalue weighted by Gasteiger charge is 2.30. The third-order valence-corrected chi connectivity index (χ3v) is 8.43. The van der Waals surface area contributed by atoms with Gasteiger partial charge in [-0.1, -0.05) is 72.8 Å². The predicted molar refractivity (Wildman–Crippen MR) is 140 cm³/mol. The second-order valence-electron chi connectivity index (χ2n) is 10.1. The fraction of sp³-hybridized carbons (Fsp3) is 0.0909. The van der Waals surface area contributed by atoms with E-state index in [9.17, 15) is 0 Å². The topological polar surface area (TPSA) is 4.93 Å². The van der Waals surface area contributed by atoms with E-state index in [2.05, 4.69) is 95.6 Å². The Hall–Kier alpha value is -4.10. The molecule has 158 valence electrons. The summed E-state index contributed by atoms with van der Waals surface area (Å²) in [5.74, 6) is 0. The summed E-state index contributed by atoms with van der Waals surface area (Å²) in [5.41, 5.74) is 18.6. The minimum absolute atomic E-state index is 1.00. The van der Waals surface area contributed by atoms with Gasteiger partial charge < -0.3 is 4.57 Å². The van der Waals surface area contributed by atoms with E-state index in [1.807, 2.05) is 0 Å². The van der Waals surface area contributed by atoms with Crippen molar-refractivity contribution in [3.8, 4) is 27.9 Å². The van der Waals surface area contributed by atoms with Gasteiger partial charge in [-0.05, 0) is 86.7 Å². The van der Waals surface area contributed by atoms with E-state index in [1.165, 1.54) is 83.1 Å². The molecule has 1 nitrogen and oxygen atoms in total. The monoisotopic (exact) mass is 431 g/mol. The Morgan fingerprint density at radius 3 is 2.18 bits per heavy atom. The zero-order valence-electron chi connectivity index (χ0n) is 18.7. The maximum Gasteiger partial charge on any atom is 0.0576 e. The van der Waals surface area contributed by atoms with Gasteiger partial charge in [-0.15, -0.1) is 0 Å². The SMILES string of the molecule is c1ccc2c(c1)Cc1cc3c4cccc5c4n(c3cc1-2)-c1ccc2c(c1C5)-c1ccccc1C2. The molecule has 0 saturated carbocycles. The van der Waals surface area contributed by atoms with E-state index < -0.39 is 0 Å². The maximum atomic E-state index is 2.57. The molecular weight excluding hydrogens is 410 g/mol. The second-order valence-corrected chi connectivity index (χ2v) is 10.1. The molecule has 0 atom stereocenters. The summed E-state index contributed by atoms with van der Waals surface area (Å²) in [6.45, 7) is 0. The molecule has 6 aromatic rings. The minimum Gasteiger partial charge on any atom is -0.309 e. The van der Waals surface area contributed by atoms with Crippen LogP contribution in [0.1, 0.15) is 33.4 Å². The number of nitrogens with zero attached hydrogens (tertiary/aromatic N) is 1. The van der Waals surface area contributed by atoms with Crippen LogP contribution >= 0.6 is 0 Å². The molecule has 2 heterocycles. The fourth-order valence-electron chi connectivity index (χ4n) is 7.03. The van der Waals surface area contributed by atoms with Gasteiger partial charge in [0.05, 0.1) is 16.7 Å². The highest BCUT2D eigenvalue weighted by Crippen LogP contribution is 2.48. The van der Waals surface area contributed by atoms with Crippen LogP contribution in [0.25, 0.3) is 49.7 Å². The van der Waals surface area contributed by atoms with Crippen LogP contribution in [-0.4, -0.2) is 4.57 Å². The summed E-state index contributed by atoms with van der Waals surface area (Å²) in [5, 5.41) is 2.77. The minimum atomic E-state index is 1.00. The zero-order valence-corrected chi connectivity index (χ0v) is 18.7. The first kappa shape index (κ1) is 17.4. The largest absolute Gasteiger partial charge is 0.309 e. The van der Waals surface area contributed by atoms with Crippen LogP contribution < -0.4 is 0 Å². The van der Waals surface area contributed by atoms with E-state index in [0.717, 1.165) is 19.3 Å². The Labute approximate surface area is 197 Å². The first-order valence-electron chi connectivity index (χ1n) is 12.3. The molecule has 0 saturated heterocycles. The third-order valence-electron chi connectivity index (χ3n) is 8.43. The molecule has 0 fully saturated rings. The Bertz CT molecular complexity index is 1880. The summed E-state index contributed by atoms with van der Waals surface area (Å²) in [4.78, 5) is 0. The second kappa shape index (κ2) is 5.87. The lowest BCUT2D eigenvalue weighted by Gasteiger charge is -2.24. The van der Waals surface area contributed by atoms with Crippen LogP contribution in [0.3, 0.4) is 0 Å². The standard InChI is InChI=1S/C33H21N/c1-3-9-24-19(6-1)15-23-17-28-26-11-5-8-22-16-29-30(34(33(22)26)31(28)18-27(23)24)13-12-21-14-20-7-2-4-10-25(20)32(21)29/h1-13,17-18H,14-16H2. The van der Waals surface area contributed by atoms with Crippen molar-refractivity contribution in [3.63, 3.8) is 0 Å². The van der Waals surface area contributed by atoms with Crippen LogP contribution in [0.5, 0.6) is 0 Å². The molecule has 5 aromatic carbocycles. The van der Waals surface area contributed by atoms with Crippen LogP contribution in [0.4, 0.5) is 0 Å². The van der Waals surface area contributed by atoms with Gasteiger partial charge in [-0.3, -0.25) is 0 Å². The normalized spacial score (nSPS) is 14.1. The van der Waals surface area contributed by atoms with Crippen LogP contribution in [0, 0.1) is 0 Å². The molecule has 1 aliphatic heterocycles.